The molecular formula is C16H14. The molecule has 0 aliphatic heterocycles. The highest BCUT2D eigenvalue weighted by Gasteiger charge is 2.19. The summed E-state index contributed by atoms with van der Waals surface area (Å²) in [5.74, 6) is 0. The molecular weight excluding hydrogens is 192 g/mol. The van der Waals surface area contributed by atoms with Gasteiger partial charge in [0.2, 0.25) is 0 Å². The Morgan fingerprint density at radius 1 is 0.938 bits per heavy atom. The molecule has 3 rings (SSSR count). The average Bonchev–Trinajstić information content (AvgIpc) is 2.71. The largest absolute Gasteiger partial charge is 0.0685 e. The van der Waals surface area contributed by atoms with Crippen molar-refractivity contribution in [1.82, 2.24) is 0 Å². The zero-order valence-corrected chi connectivity index (χ0v) is 9.62. The van der Waals surface area contributed by atoms with Crippen molar-refractivity contribution in [3.63, 3.8) is 0 Å². The average molecular weight is 206 g/mol. The van der Waals surface area contributed by atoms with Gasteiger partial charge in [0.1, 0.15) is 0 Å². The van der Waals surface area contributed by atoms with E-state index in [4.69, 9.17) is 0 Å². The van der Waals surface area contributed by atoms with Gasteiger partial charge >= 0.3 is 0 Å². The SMILES string of the molecule is CC(C)=C1C=Cc2cc3cccccc-3c21. The molecule has 78 valence electrons. The lowest BCUT2D eigenvalue weighted by Gasteiger charge is -2.03. The second-order valence-corrected chi connectivity index (χ2v) is 4.50. The van der Waals surface area contributed by atoms with Crippen LogP contribution >= 0.6 is 0 Å². The van der Waals surface area contributed by atoms with Crippen LogP contribution in [-0.4, -0.2) is 0 Å². The highest BCUT2D eigenvalue weighted by atomic mass is 14.2. The second-order valence-electron chi connectivity index (χ2n) is 4.50. The Labute approximate surface area is 96.3 Å². The molecule has 0 spiro atoms. The van der Waals surface area contributed by atoms with Crippen molar-refractivity contribution in [3.05, 3.63) is 59.2 Å². The summed E-state index contributed by atoms with van der Waals surface area (Å²) in [6.45, 7) is 4.35. The topological polar surface area (TPSA) is 0 Å². The first-order valence-electron chi connectivity index (χ1n) is 5.65. The normalized spacial score (nSPS) is 13.2. The van der Waals surface area contributed by atoms with Crippen molar-refractivity contribution in [3.8, 4) is 11.1 Å². The third-order valence-electron chi connectivity index (χ3n) is 3.18. The molecule has 3 aliphatic rings. The third-order valence-corrected chi connectivity index (χ3v) is 3.18. The number of hydrogen-bond acceptors (Lipinski definition) is 0. The highest BCUT2D eigenvalue weighted by Crippen LogP contribution is 2.42. The monoisotopic (exact) mass is 206 g/mol. The standard InChI is InChI=1S/C16H14/c1-11(2)14-9-8-13-10-12-6-4-3-5-7-15(12)16(13)14/h3-10H,1-2H3. The van der Waals surface area contributed by atoms with Gasteiger partial charge in [-0.1, -0.05) is 48.1 Å². The van der Waals surface area contributed by atoms with Gasteiger partial charge < -0.3 is 0 Å². The minimum Gasteiger partial charge on any atom is -0.0685 e. The summed E-state index contributed by atoms with van der Waals surface area (Å²) in [6.07, 6.45) is 4.45. The van der Waals surface area contributed by atoms with E-state index in [9.17, 15) is 0 Å². The molecule has 0 bridgehead atoms. The summed E-state index contributed by atoms with van der Waals surface area (Å²) in [4.78, 5) is 0. The first-order chi connectivity index (χ1) is 7.77. The van der Waals surface area contributed by atoms with E-state index >= 15 is 0 Å². The summed E-state index contributed by atoms with van der Waals surface area (Å²) in [5.41, 5.74) is 8.23. The van der Waals surface area contributed by atoms with Crippen molar-refractivity contribution in [2.24, 2.45) is 0 Å². The van der Waals surface area contributed by atoms with Gasteiger partial charge in [-0.05, 0) is 47.7 Å². The van der Waals surface area contributed by atoms with Gasteiger partial charge in [-0.15, -0.1) is 0 Å². The maximum atomic E-state index is 2.27. The summed E-state index contributed by atoms with van der Waals surface area (Å²) in [7, 11) is 0. The van der Waals surface area contributed by atoms with Crippen LogP contribution in [0.3, 0.4) is 0 Å². The van der Waals surface area contributed by atoms with Crippen LogP contribution in [0, 0.1) is 0 Å². The van der Waals surface area contributed by atoms with E-state index in [0.717, 1.165) is 0 Å². The van der Waals surface area contributed by atoms with Gasteiger partial charge in [0.05, 0.1) is 0 Å². The summed E-state index contributed by atoms with van der Waals surface area (Å²) in [6, 6.07) is 13.0. The fraction of sp³-hybridized carbons (Fsp3) is 0.125. The molecule has 0 amide bonds. The van der Waals surface area contributed by atoms with E-state index in [1.807, 2.05) is 0 Å². The van der Waals surface area contributed by atoms with Crippen LogP contribution in [-0.2, 0) is 0 Å². The van der Waals surface area contributed by atoms with E-state index in [2.05, 4.69) is 62.4 Å². The van der Waals surface area contributed by atoms with E-state index in [-0.39, 0.29) is 0 Å². The van der Waals surface area contributed by atoms with Crippen molar-refractivity contribution in [2.75, 3.05) is 0 Å². The lowest BCUT2D eigenvalue weighted by atomic mass is 10.0. The van der Waals surface area contributed by atoms with E-state index in [0.29, 0.717) is 0 Å². The molecule has 0 aromatic rings. The summed E-state index contributed by atoms with van der Waals surface area (Å²) >= 11 is 0. The van der Waals surface area contributed by atoms with Crippen LogP contribution in [0.5, 0.6) is 0 Å². The van der Waals surface area contributed by atoms with Crippen LogP contribution in [0.15, 0.2) is 48.0 Å². The molecule has 0 radical (unpaired) electrons. The lowest BCUT2D eigenvalue weighted by Crippen LogP contribution is -1.81. The zero-order chi connectivity index (χ0) is 11.1. The molecule has 0 aromatic heterocycles. The summed E-state index contributed by atoms with van der Waals surface area (Å²) < 4.78 is 0. The van der Waals surface area contributed by atoms with Crippen LogP contribution < -0.4 is 0 Å². The molecule has 3 aliphatic carbocycles. The Balaban J connectivity index is 2.37. The molecule has 0 aromatic carbocycles. The van der Waals surface area contributed by atoms with Crippen molar-refractivity contribution < 1.29 is 0 Å². The van der Waals surface area contributed by atoms with E-state index in [1.165, 1.54) is 33.4 Å². The predicted molar refractivity (Wildman–Crippen MR) is 70.4 cm³/mol. The number of hydrogen-bond donors (Lipinski definition) is 0. The highest BCUT2D eigenvalue weighted by molar-refractivity contribution is 6.00. The Morgan fingerprint density at radius 2 is 1.75 bits per heavy atom. The Hall–Kier alpha value is -1.82. The quantitative estimate of drug-likeness (QED) is 0.590. The van der Waals surface area contributed by atoms with Crippen molar-refractivity contribution >= 4 is 11.6 Å². The number of allylic oxidation sites excluding steroid dienone is 3. The first kappa shape index (κ1) is 9.41. The van der Waals surface area contributed by atoms with Crippen LogP contribution in [0.4, 0.5) is 0 Å². The second kappa shape index (κ2) is 3.34. The molecule has 0 heterocycles. The molecule has 0 unspecified atom stereocenters. The fourth-order valence-corrected chi connectivity index (χ4v) is 2.42. The minimum absolute atomic E-state index is 1.33. The van der Waals surface area contributed by atoms with E-state index in [1.54, 1.807) is 0 Å². The molecule has 0 saturated carbocycles. The van der Waals surface area contributed by atoms with Crippen molar-refractivity contribution in [1.29, 1.82) is 0 Å². The molecule has 0 fully saturated rings. The Kier molecular flexibility index (Phi) is 1.97. The first-order valence-corrected chi connectivity index (χ1v) is 5.65. The van der Waals surface area contributed by atoms with E-state index < -0.39 is 0 Å². The Bertz CT molecular complexity index is 581. The van der Waals surface area contributed by atoms with Gasteiger partial charge in [0, 0.05) is 0 Å². The van der Waals surface area contributed by atoms with Gasteiger partial charge in [0.25, 0.3) is 0 Å². The van der Waals surface area contributed by atoms with Crippen molar-refractivity contribution in [2.45, 2.75) is 13.8 Å². The molecule has 0 atom stereocenters. The van der Waals surface area contributed by atoms with Crippen LogP contribution in [0.1, 0.15) is 25.0 Å². The van der Waals surface area contributed by atoms with Gasteiger partial charge in [-0.2, -0.15) is 0 Å². The van der Waals surface area contributed by atoms with Crippen LogP contribution in [0.25, 0.3) is 22.8 Å². The third kappa shape index (κ3) is 1.23. The maximum absolute atomic E-state index is 2.27. The maximum Gasteiger partial charge on any atom is -0.00333 e. The van der Waals surface area contributed by atoms with Crippen LogP contribution in [0.2, 0.25) is 0 Å². The molecule has 16 heavy (non-hydrogen) atoms. The van der Waals surface area contributed by atoms with Gasteiger partial charge in [-0.3, -0.25) is 0 Å². The fourth-order valence-electron chi connectivity index (χ4n) is 2.42. The molecule has 0 nitrogen and oxygen atoms in total. The number of rotatable bonds is 0. The minimum atomic E-state index is 1.33. The molecule has 0 saturated heterocycles. The molecule has 0 N–H and O–H groups in total. The van der Waals surface area contributed by atoms with Gasteiger partial charge in [-0.25, -0.2) is 0 Å². The zero-order valence-electron chi connectivity index (χ0n) is 9.62. The smallest absolute Gasteiger partial charge is 0.00333 e. The van der Waals surface area contributed by atoms with Gasteiger partial charge in [0.15, 0.2) is 0 Å². The molecule has 0 heteroatoms. The summed E-state index contributed by atoms with van der Waals surface area (Å²) in [5, 5.41) is 0. The number of fused-ring (bicyclic) bond motifs is 3. The lowest BCUT2D eigenvalue weighted by molar-refractivity contribution is 1.40. The Morgan fingerprint density at radius 3 is 2.56 bits per heavy atom. The predicted octanol–water partition coefficient (Wildman–Crippen LogP) is 4.61.